The quantitative estimate of drug-likeness (QED) is 0.746. The number of carbonyl (C=O) groups is 1. The second kappa shape index (κ2) is 7.57. The van der Waals surface area contributed by atoms with Gasteiger partial charge < -0.3 is 14.6 Å². The van der Waals surface area contributed by atoms with E-state index < -0.39 is 0 Å². The minimum atomic E-state index is -0.256. The molecule has 1 unspecified atom stereocenters. The van der Waals surface area contributed by atoms with Gasteiger partial charge in [-0.1, -0.05) is 30.3 Å². The van der Waals surface area contributed by atoms with Crippen LogP contribution >= 0.6 is 0 Å². The maximum atomic E-state index is 12.3. The zero-order valence-electron chi connectivity index (χ0n) is 14.1. The second-order valence-electron chi connectivity index (χ2n) is 5.65. The molecule has 3 aromatic rings. The van der Waals surface area contributed by atoms with Gasteiger partial charge in [0.1, 0.15) is 12.9 Å². The minimum Gasteiger partial charge on any atom is -0.473 e. The highest BCUT2D eigenvalue weighted by Gasteiger charge is 2.15. The molecule has 1 atom stereocenters. The molecule has 0 aliphatic carbocycles. The zero-order valence-corrected chi connectivity index (χ0v) is 14.1. The average molecular weight is 337 g/mol. The third kappa shape index (κ3) is 4.20. The number of ether oxygens (including phenoxy) is 1. The van der Waals surface area contributed by atoms with Crippen molar-refractivity contribution in [3.8, 4) is 5.88 Å². The van der Waals surface area contributed by atoms with E-state index in [9.17, 15) is 4.79 Å². The Bertz CT molecular complexity index is 830. The topological polar surface area (TPSA) is 81.9 Å². The number of aromatic nitrogens is 4. The summed E-state index contributed by atoms with van der Waals surface area (Å²) < 4.78 is 7.39. The number of carbonyl (C=O) groups excluding carboxylic acids is 1. The van der Waals surface area contributed by atoms with E-state index in [1.807, 2.05) is 44.3 Å². The number of hydrogen-bond donors (Lipinski definition) is 1. The summed E-state index contributed by atoms with van der Waals surface area (Å²) in [5.41, 5.74) is 1.52. The molecule has 7 heteroatoms. The van der Waals surface area contributed by atoms with Crippen LogP contribution in [0.3, 0.4) is 0 Å². The molecular formula is C18H19N5O2. The molecule has 1 N–H and O–H groups in total. The van der Waals surface area contributed by atoms with Gasteiger partial charge in [-0.15, -0.1) is 10.2 Å². The van der Waals surface area contributed by atoms with Gasteiger partial charge in [-0.3, -0.25) is 4.79 Å². The van der Waals surface area contributed by atoms with Crippen LogP contribution in [0.25, 0.3) is 0 Å². The van der Waals surface area contributed by atoms with Gasteiger partial charge in [-0.05, 0) is 18.6 Å². The van der Waals surface area contributed by atoms with E-state index in [-0.39, 0.29) is 11.9 Å². The normalized spacial score (nSPS) is 11.8. The molecule has 0 fully saturated rings. The maximum Gasteiger partial charge on any atom is 0.253 e. The van der Waals surface area contributed by atoms with Crippen LogP contribution in [0.1, 0.15) is 34.7 Å². The highest BCUT2D eigenvalue weighted by atomic mass is 16.5. The monoisotopic (exact) mass is 337 g/mol. The molecule has 0 aliphatic rings. The molecule has 1 aromatic carbocycles. The zero-order chi connectivity index (χ0) is 17.6. The van der Waals surface area contributed by atoms with Crippen molar-refractivity contribution in [2.75, 3.05) is 0 Å². The fourth-order valence-electron chi connectivity index (χ4n) is 2.36. The summed E-state index contributed by atoms with van der Waals surface area (Å²) in [6.45, 7) is 2.29. The fraction of sp³-hybridized carbons (Fsp3) is 0.222. The summed E-state index contributed by atoms with van der Waals surface area (Å²) >= 11 is 0. The molecule has 7 nitrogen and oxygen atoms in total. The Labute approximate surface area is 145 Å². The summed E-state index contributed by atoms with van der Waals surface area (Å²) in [6.07, 6.45) is 3.09. The van der Waals surface area contributed by atoms with Crippen LogP contribution in [0.4, 0.5) is 0 Å². The number of hydrogen-bond acceptors (Lipinski definition) is 5. The predicted molar refractivity (Wildman–Crippen MR) is 91.9 cm³/mol. The van der Waals surface area contributed by atoms with Gasteiger partial charge >= 0.3 is 0 Å². The highest BCUT2D eigenvalue weighted by molar-refractivity contribution is 5.94. The van der Waals surface area contributed by atoms with Crippen molar-refractivity contribution in [1.29, 1.82) is 0 Å². The standard InChI is InChI=1S/C18H19N5O2/c1-13(17-22-20-12-23(17)2)21-18(24)15-8-9-16(19-10-15)25-11-14-6-4-3-5-7-14/h3-10,12-13H,11H2,1-2H3,(H,21,24). The summed E-state index contributed by atoms with van der Waals surface area (Å²) in [7, 11) is 1.83. The first-order chi connectivity index (χ1) is 12.1. The van der Waals surface area contributed by atoms with Crippen LogP contribution in [-0.4, -0.2) is 25.7 Å². The first kappa shape index (κ1) is 16.6. The molecule has 128 valence electrons. The van der Waals surface area contributed by atoms with E-state index in [1.54, 1.807) is 23.0 Å². The SMILES string of the molecule is CC(NC(=O)c1ccc(OCc2ccccc2)nc1)c1nncn1C. The molecule has 2 aromatic heterocycles. The lowest BCUT2D eigenvalue weighted by Gasteiger charge is -2.13. The third-order valence-electron chi connectivity index (χ3n) is 3.71. The molecule has 0 radical (unpaired) electrons. The van der Waals surface area contributed by atoms with Crippen molar-refractivity contribution in [2.24, 2.45) is 7.05 Å². The summed E-state index contributed by atoms with van der Waals surface area (Å²) in [4.78, 5) is 16.5. The number of benzene rings is 1. The smallest absolute Gasteiger partial charge is 0.253 e. The number of aryl methyl sites for hydroxylation is 1. The van der Waals surface area contributed by atoms with Gasteiger partial charge in [0.05, 0.1) is 11.6 Å². The molecule has 2 heterocycles. The Morgan fingerprint density at radius 1 is 1.24 bits per heavy atom. The Balaban J connectivity index is 1.58. The van der Waals surface area contributed by atoms with E-state index >= 15 is 0 Å². The van der Waals surface area contributed by atoms with Crippen molar-refractivity contribution in [3.05, 3.63) is 71.9 Å². The van der Waals surface area contributed by atoms with E-state index in [0.29, 0.717) is 23.9 Å². The van der Waals surface area contributed by atoms with Gasteiger partial charge in [0.25, 0.3) is 5.91 Å². The van der Waals surface area contributed by atoms with Crippen LogP contribution in [-0.2, 0) is 13.7 Å². The van der Waals surface area contributed by atoms with Crippen LogP contribution in [0.2, 0.25) is 0 Å². The lowest BCUT2D eigenvalue weighted by molar-refractivity contribution is 0.0937. The Morgan fingerprint density at radius 2 is 2.04 bits per heavy atom. The van der Waals surface area contributed by atoms with E-state index in [4.69, 9.17) is 4.74 Å². The van der Waals surface area contributed by atoms with Gasteiger partial charge in [0.15, 0.2) is 5.82 Å². The molecule has 0 bridgehead atoms. The van der Waals surface area contributed by atoms with E-state index in [1.165, 1.54) is 6.20 Å². The number of nitrogens with zero attached hydrogens (tertiary/aromatic N) is 4. The van der Waals surface area contributed by atoms with Crippen molar-refractivity contribution in [1.82, 2.24) is 25.1 Å². The lowest BCUT2D eigenvalue weighted by Crippen LogP contribution is -2.28. The number of amides is 1. The molecule has 0 spiro atoms. The number of pyridine rings is 1. The third-order valence-corrected chi connectivity index (χ3v) is 3.71. The van der Waals surface area contributed by atoms with Crippen molar-refractivity contribution in [2.45, 2.75) is 19.6 Å². The van der Waals surface area contributed by atoms with Crippen LogP contribution < -0.4 is 10.1 Å². The summed E-state index contributed by atoms with van der Waals surface area (Å²) in [5, 5.41) is 10.7. The molecule has 0 saturated carbocycles. The number of rotatable bonds is 6. The highest BCUT2D eigenvalue weighted by Crippen LogP contribution is 2.12. The fourth-order valence-corrected chi connectivity index (χ4v) is 2.36. The first-order valence-corrected chi connectivity index (χ1v) is 7.91. The Hall–Kier alpha value is -3.22. The maximum absolute atomic E-state index is 12.3. The Kier molecular flexibility index (Phi) is 5.03. The average Bonchev–Trinajstić information content (AvgIpc) is 3.07. The van der Waals surface area contributed by atoms with Crippen molar-refractivity contribution >= 4 is 5.91 Å². The Morgan fingerprint density at radius 3 is 2.68 bits per heavy atom. The largest absolute Gasteiger partial charge is 0.473 e. The molecule has 0 saturated heterocycles. The molecule has 25 heavy (non-hydrogen) atoms. The molecule has 3 rings (SSSR count). The minimum absolute atomic E-state index is 0.224. The van der Waals surface area contributed by atoms with Crippen LogP contribution in [0.15, 0.2) is 55.0 Å². The number of nitrogens with one attached hydrogen (secondary N) is 1. The predicted octanol–water partition coefficient (Wildman–Crippen LogP) is 2.28. The lowest BCUT2D eigenvalue weighted by atomic mass is 10.2. The second-order valence-corrected chi connectivity index (χ2v) is 5.65. The summed E-state index contributed by atoms with van der Waals surface area (Å²) in [6, 6.07) is 12.9. The van der Waals surface area contributed by atoms with Crippen LogP contribution in [0, 0.1) is 0 Å². The van der Waals surface area contributed by atoms with Crippen molar-refractivity contribution < 1.29 is 9.53 Å². The first-order valence-electron chi connectivity index (χ1n) is 7.91. The van der Waals surface area contributed by atoms with E-state index in [0.717, 1.165) is 5.56 Å². The van der Waals surface area contributed by atoms with Gasteiger partial charge in [-0.2, -0.15) is 0 Å². The van der Waals surface area contributed by atoms with Crippen molar-refractivity contribution in [3.63, 3.8) is 0 Å². The van der Waals surface area contributed by atoms with Gasteiger partial charge in [-0.25, -0.2) is 4.98 Å². The van der Waals surface area contributed by atoms with Gasteiger partial charge in [0, 0.05) is 19.3 Å². The molecule has 0 aliphatic heterocycles. The van der Waals surface area contributed by atoms with E-state index in [2.05, 4.69) is 20.5 Å². The van der Waals surface area contributed by atoms with Gasteiger partial charge in [0.2, 0.25) is 5.88 Å². The molecular weight excluding hydrogens is 318 g/mol. The van der Waals surface area contributed by atoms with Crippen LogP contribution in [0.5, 0.6) is 5.88 Å². The molecule has 1 amide bonds. The summed E-state index contributed by atoms with van der Waals surface area (Å²) in [5.74, 6) is 0.934.